The zero-order chi connectivity index (χ0) is 41.4. The first kappa shape index (κ1) is 42.5. The van der Waals surface area contributed by atoms with Crippen molar-refractivity contribution in [3.63, 3.8) is 0 Å². The Bertz CT molecular complexity index is 1860. The molecule has 4 aliphatic rings. The second kappa shape index (κ2) is 16.1. The van der Waals surface area contributed by atoms with Crippen molar-refractivity contribution < 1.29 is 46.7 Å². The van der Waals surface area contributed by atoms with Crippen LogP contribution < -0.4 is 25.6 Å². The zero-order valence-electron chi connectivity index (χ0n) is 33.4. The summed E-state index contributed by atoms with van der Waals surface area (Å²) in [7, 11) is -3.95. The fourth-order valence-corrected chi connectivity index (χ4v) is 8.55. The number of carbonyl (C=O) groups is 6. The fourth-order valence-electron chi connectivity index (χ4n) is 7.19. The summed E-state index contributed by atoms with van der Waals surface area (Å²) in [6.45, 7) is 16.7. The molecule has 4 fully saturated rings. The van der Waals surface area contributed by atoms with Gasteiger partial charge in [-0.1, -0.05) is 26.8 Å². The van der Waals surface area contributed by atoms with Crippen molar-refractivity contribution in [2.75, 3.05) is 29.9 Å². The van der Waals surface area contributed by atoms with Crippen LogP contribution in [0.3, 0.4) is 0 Å². The number of sulfonamides is 1. The molecule has 0 bridgehead atoms. The Balaban J connectivity index is 1.40. The van der Waals surface area contributed by atoms with Crippen molar-refractivity contribution >= 4 is 57.1 Å². The molecular formula is C39H56N6O10S. The minimum Gasteiger partial charge on any atom is -0.444 e. The zero-order valence-corrected chi connectivity index (χ0v) is 34.2. The number of anilines is 2. The number of hydrogen-bond donors (Lipinski definition) is 4. The molecule has 2 aliphatic heterocycles. The van der Waals surface area contributed by atoms with E-state index in [0.29, 0.717) is 24.1 Å². The number of benzene rings is 1. The maximum absolute atomic E-state index is 14.5. The van der Waals surface area contributed by atoms with Gasteiger partial charge in [-0.3, -0.25) is 29.2 Å². The number of nitrogens with zero attached hydrogens (tertiary/aromatic N) is 2. The third-order valence-electron chi connectivity index (χ3n) is 10.5. The van der Waals surface area contributed by atoms with Crippen LogP contribution in [0.4, 0.5) is 21.0 Å². The number of hydrogen-bond acceptors (Lipinski definition) is 11. The van der Waals surface area contributed by atoms with Crippen LogP contribution in [0.25, 0.3) is 0 Å². The Labute approximate surface area is 328 Å². The van der Waals surface area contributed by atoms with Gasteiger partial charge in [-0.15, -0.1) is 6.58 Å². The first-order chi connectivity index (χ1) is 26.0. The summed E-state index contributed by atoms with van der Waals surface area (Å²) in [5.41, 5.74) is -1.90. The molecule has 5 unspecified atom stereocenters. The normalized spacial score (nSPS) is 24.3. The van der Waals surface area contributed by atoms with Gasteiger partial charge >= 0.3 is 12.2 Å². The molecule has 0 radical (unpaired) electrons. The predicted octanol–water partition coefficient (Wildman–Crippen LogP) is 4.01. The van der Waals surface area contributed by atoms with Crippen LogP contribution in [0, 0.1) is 11.3 Å². The van der Waals surface area contributed by atoms with Crippen LogP contribution in [-0.2, 0) is 33.9 Å². The van der Waals surface area contributed by atoms with Gasteiger partial charge in [-0.05, 0) is 89.8 Å². The lowest BCUT2D eigenvalue weighted by Gasteiger charge is -2.36. The van der Waals surface area contributed by atoms with Gasteiger partial charge in [0.15, 0.2) is 5.78 Å². The van der Waals surface area contributed by atoms with Crippen molar-refractivity contribution in [1.29, 1.82) is 0 Å². The Hall–Kier alpha value is -4.67. The molecule has 2 aliphatic carbocycles. The maximum Gasteiger partial charge on any atom is 0.412 e. The molecule has 1 aromatic rings. The minimum atomic E-state index is -3.95. The highest BCUT2D eigenvalue weighted by Crippen LogP contribution is 2.45. The van der Waals surface area contributed by atoms with Gasteiger partial charge in [0.25, 0.3) is 5.91 Å². The van der Waals surface area contributed by atoms with E-state index in [1.165, 1.54) is 17.9 Å². The number of nitrogens with one attached hydrogen (secondary N) is 4. The number of alkyl carbamates (subject to hydrolysis) is 1. The van der Waals surface area contributed by atoms with Crippen LogP contribution in [0.5, 0.6) is 0 Å². The van der Waals surface area contributed by atoms with E-state index >= 15 is 0 Å². The van der Waals surface area contributed by atoms with Gasteiger partial charge in [-0.2, -0.15) is 0 Å². The van der Waals surface area contributed by atoms with Gasteiger partial charge in [0.1, 0.15) is 29.3 Å². The van der Waals surface area contributed by atoms with E-state index in [9.17, 15) is 37.2 Å². The van der Waals surface area contributed by atoms with E-state index in [1.807, 2.05) is 0 Å². The van der Waals surface area contributed by atoms with Gasteiger partial charge in [0, 0.05) is 31.0 Å². The minimum absolute atomic E-state index is 0.0841. The molecule has 5 atom stereocenters. The van der Waals surface area contributed by atoms with E-state index < -0.39 is 85.8 Å². The first-order valence-electron chi connectivity index (χ1n) is 19.2. The molecule has 2 heterocycles. The number of piperidine rings is 1. The largest absolute Gasteiger partial charge is 0.444 e. The van der Waals surface area contributed by atoms with Crippen molar-refractivity contribution in [3.8, 4) is 0 Å². The summed E-state index contributed by atoms with van der Waals surface area (Å²) in [5.74, 6) is -3.12. The average molecular weight is 801 g/mol. The van der Waals surface area contributed by atoms with E-state index in [2.05, 4.69) is 32.2 Å². The number of carbonyl (C=O) groups excluding carboxylic acids is 6. The van der Waals surface area contributed by atoms with Crippen molar-refractivity contribution in [2.24, 2.45) is 11.3 Å². The Morgan fingerprint density at radius 2 is 1.64 bits per heavy atom. The molecule has 56 heavy (non-hydrogen) atoms. The van der Waals surface area contributed by atoms with E-state index in [-0.39, 0.29) is 25.2 Å². The Kier molecular flexibility index (Phi) is 12.2. The molecule has 0 spiro atoms. The number of likely N-dealkylation sites (tertiary alicyclic amines) is 1. The summed E-state index contributed by atoms with van der Waals surface area (Å²) < 4.78 is 38.8. The van der Waals surface area contributed by atoms with Gasteiger partial charge < -0.3 is 29.9 Å². The number of ether oxygens (including phenoxy) is 2. The van der Waals surface area contributed by atoms with Gasteiger partial charge in [0.2, 0.25) is 21.8 Å². The van der Waals surface area contributed by atoms with Gasteiger partial charge in [0.05, 0.1) is 23.2 Å². The quantitative estimate of drug-likeness (QED) is 0.175. The summed E-state index contributed by atoms with van der Waals surface area (Å²) in [4.78, 5) is 84.3. The van der Waals surface area contributed by atoms with Crippen LogP contribution in [0.1, 0.15) is 104 Å². The third-order valence-corrected chi connectivity index (χ3v) is 12.3. The Morgan fingerprint density at radius 3 is 2.20 bits per heavy atom. The molecule has 308 valence electrons. The molecule has 1 aromatic carbocycles. The molecule has 2 saturated heterocycles. The molecule has 2 saturated carbocycles. The topological polar surface area (TPSA) is 210 Å². The van der Waals surface area contributed by atoms with Crippen LogP contribution >= 0.6 is 0 Å². The molecule has 17 heteroatoms. The van der Waals surface area contributed by atoms with Gasteiger partial charge in [-0.25, -0.2) is 18.0 Å². The molecule has 4 N–H and O–H groups in total. The number of Topliss-reactive ketones (excluding diaryl/α,β-unsaturated/α-hetero) is 1. The summed E-state index contributed by atoms with van der Waals surface area (Å²) in [6, 6.07) is 2.57. The number of rotatable bonds is 12. The lowest BCUT2D eigenvalue weighted by atomic mass is 9.85. The SMILES string of the molecule is C=CC1CC1(NC(=O)C1CC(OC(=O)Nc2cc(C(C)=O)ccc2N2CCCCC2)CN1C(=O)C(NC(=O)OC(C)(C)C)C(C)(C)C)C(=O)NS(=O)(=O)C1CC1. The fraction of sp³-hybridized carbons (Fsp3) is 0.641. The predicted molar refractivity (Wildman–Crippen MR) is 208 cm³/mol. The maximum atomic E-state index is 14.5. The van der Waals surface area contributed by atoms with Crippen molar-refractivity contribution in [1.82, 2.24) is 20.3 Å². The van der Waals surface area contributed by atoms with Crippen LogP contribution in [0.15, 0.2) is 30.9 Å². The lowest BCUT2D eigenvalue weighted by molar-refractivity contribution is -0.143. The monoisotopic (exact) mass is 800 g/mol. The average Bonchev–Trinajstić information content (AvgIpc) is 4.03. The molecule has 16 nitrogen and oxygen atoms in total. The summed E-state index contributed by atoms with van der Waals surface area (Å²) in [5, 5.41) is 7.45. The van der Waals surface area contributed by atoms with Crippen molar-refractivity contribution in [2.45, 2.75) is 128 Å². The second-order valence-electron chi connectivity index (χ2n) is 17.4. The molecule has 0 aromatic heterocycles. The Morgan fingerprint density at radius 1 is 0.982 bits per heavy atom. The molecule has 5 amide bonds. The van der Waals surface area contributed by atoms with Crippen molar-refractivity contribution in [3.05, 3.63) is 36.4 Å². The second-order valence-corrected chi connectivity index (χ2v) is 19.3. The third kappa shape index (κ3) is 10.0. The highest BCUT2D eigenvalue weighted by atomic mass is 32.2. The molecular weight excluding hydrogens is 745 g/mol. The number of ketones is 1. The van der Waals surface area contributed by atoms with Crippen LogP contribution in [0.2, 0.25) is 0 Å². The summed E-state index contributed by atoms with van der Waals surface area (Å²) in [6.07, 6.45) is 2.48. The summed E-state index contributed by atoms with van der Waals surface area (Å²) >= 11 is 0. The van der Waals surface area contributed by atoms with E-state index in [1.54, 1.807) is 59.7 Å². The first-order valence-corrected chi connectivity index (χ1v) is 20.8. The van der Waals surface area contributed by atoms with E-state index in [0.717, 1.165) is 38.0 Å². The highest BCUT2D eigenvalue weighted by molar-refractivity contribution is 7.91. The standard InChI is InChI=1S/C39H56N6O10S/c1-9-25-21-39(25,34(49)43-56(52,53)27-14-15-27)42-32(47)30-20-26(22-45(30)33(48)31(37(3,4)5)41-36(51)55-38(6,7)8)54-35(50)40-28-19-24(23(2)46)13-16-29(28)44-17-11-10-12-18-44/h9,13,16,19,25-27,30-31H,1,10-12,14-15,17-18,20-22H2,2-8H3,(H,40,50)(H,41,51)(H,42,47)(H,43,49). The molecule has 5 rings (SSSR count). The lowest BCUT2D eigenvalue weighted by Crippen LogP contribution is -2.60. The smallest absolute Gasteiger partial charge is 0.412 e. The van der Waals surface area contributed by atoms with E-state index in [4.69, 9.17) is 9.47 Å². The number of amides is 5. The van der Waals surface area contributed by atoms with Crippen LogP contribution in [-0.4, -0.2) is 103 Å². The highest BCUT2D eigenvalue weighted by Gasteiger charge is 2.62.